The maximum Gasteiger partial charge on any atom is 0.233 e. The highest BCUT2D eigenvalue weighted by atomic mass is 35.5. The Morgan fingerprint density at radius 1 is 1.30 bits per heavy atom. The molecule has 0 radical (unpaired) electrons. The fraction of sp³-hybridized carbons (Fsp3) is 0.316. The standard InChI is InChI=1S/C18H20ClN5O.CH4.H2O3S/c1-13(22-18-17(19)14(2)20-12-21-18)9-11-25-16-8-10-24(23-16)15-6-4-3-5-7-15;;1-4(2)3/h3-8,10,12-13H,9,11H2,1-2H3,(H,20,21,22);1H4;(H2,1,2,3)/p-1. The van der Waals surface area contributed by atoms with Crippen molar-refractivity contribution in [3.05, 3.63) is 59.6 Å². The molecule has 0 aliphatic carbocycles. The molecule has 0 aliphatic rings. The van der Waals surface area contributed by atoms with Crippen molar-refractivity contribution in [2.24, 2.45) is 0 Å². The van der Waals surface area contributed by atoms with Crippen LogP contribution in [0.2, 0.25) is 5.02 Å². The minimum atomic E-state index is -2.86. The SMILES string of the molecule is C.Cc1ncnc(NC(C)CCOc2ccn(-c3ccccc3)n2)c1Cl.O=S([O-])O. The Labute approximate surface area is 183 Å². The number of benzene rings is 1. The quantitative estimate of drug-likeness (QED) is 0.515. The van der Waals surface area contributed by atoms with Crippen molar-refractivity contribution < 1.29 is 18.1 Å². The molecule has 2 unspecified atom stereocenters. The molecule has 0 aliphatic heterocycles. The Bertz CT molecular complexity index is 922. The molecule has 1 aromatic carbocycles. The summed E-state index contributed by atoms with van der Waals surface area (Å²) in [5.41, 5.74) is 1.76. The van der Waals surface area contributed by atoms with Gasteiger partial charge < -0.3 is 19.2 Å². The van der Waals surface area contributed by atoms with Gasteiger partial charge in [-0.2, -0.15) is 0 Å². The zero-order valence-corrected chi connectivity index (χ0v) is 17.4. The van der Waals surface area contributed by atoms with Gasteiger partial charge in [-0.1, -0.05) is 37.2 Å². The maximum atomic E-state index is 8.56. The molecule has 164 valence electrons. The van der Waals surface area contributed by atoms with Gasteiger partial charge in [-0.05, 0) is 26.0 Å². The number of aryl methyl sites for hydroxylation is 1. The summed E-state index contributed by atoms with van der Waals surface area (Å²) in [6.07, 6.45) is 4.18. The van der Waals surface area contributed by atoms with Gasteiger partial charge >= 0.3 is 0 Å². The van der Waals surface area contributed by atoms with E-state index in [1.54, 1.807) is 4.68 Å². The summed E-state index contributed by atoms with van der Waals surface area (Å²) >= 11 is 3.34. The van der Waals surface area contributed by atoms with E-state index in [1.165, 1.54) is 6.33 Å². The van der Waals surface area contributed by atoms with E-state index in [0.717, 1.165) is 17.8 Å². The molecule has 11 heteroatoms. The molecule has 2 N–H and O–H groups in total. The number of halogens is 1. The zero-order chi connectivity index (χ0) is 21.2. The van der Waals surface area contributed by atoms with Crippen molar-refractivity contribution in [1.82, 2.24) is 19.7 Å². The monoisotopic (exact) mass is 454 g/mol. The molecule has 3 aromatic rings. The highest BCUT2D eigenvalue weighted by molar-refractivity contribution is 7.73. The van der Waals surface area contributed by atoms with Gasteiger partial charge in [-0.3, -0.25) is 0 Å². The van der Waals surface area contributed by atoms with Crippen molar-refractivity contribution in [2.45, 2.75) is 33.7 Å². The van der Waals surface area contributed by atoms with Crippen LogP contribution in [0.1, 0.15) is 26.5 Å². The van der Waals surface area contributed by atoms with E-state index in [4.69, 9.17) is 29.7 Å². The first-order valence-electron chi connectivity index (χ1n) is 8.62. The fourth-order valence-corrected chi connectivity index (χ4v) is 2.47. The van der Waals surface area contributed by atoms with Gasteiger partial charge in [0, 0.05) is 24.7 Å². The Kier molecular flexibility index (Phi) is 11.0. The predicted molar refractivity (Wildman–Crippen MR) is 117 cm³/mol. The Morgan fingerprint density at radius 3 is 2.63 bits per heavy atom. The number of hydrogen-bond acceptors (Lipinski definition) is 7. The third kappa shape index (κ3) is 8.46. The summed E-state index contributed by atoms with van der Waals surface area (Å²) in [7, 11) is 0. The second-order valence-electron chi connectivity index (χ2n) is 5.96. The summed E-state index contributed by atoms with van der Waals surface area (Å²) in [5, 5.41) is 8.25. The largest absolute Gasteiger partial charge is 0.750 e. The van der Waals surface area contributed by atoms with Gasteiger partial charge in [0.05, 0.1) is 29.3 Å². The minimum Gasteiger partial charge on any atom is -0.750 e. The molecule has 0 spiro atoms. The first-order chi connectivity index (χ1) is 13.9. The third-order valence-corrected chi connectivity index (χ3v) is 4.19. The normalized spacial score (nSPS) is 12.0. The molecule has 30 heavy (non-hydrogen) atoms. The lowest BCUT2D eigenvalue weighted by atomic mass is 10.2. The molecule has 9 nitrogen and oxygen atoms in total. The van der Waals surface area contributed by atoms with E-state index in [1.807, 2.05) is 49.5 Å². The van der Waals surface area contributed by atoms with Gasteiger partial charge in [0.2, 0.25) is 5.88 Å². The molecule has 0 bridgehead atoms. The van der Waals surface area contributed by atoms with Crippen molar-refractivity contribution in [3.8, 4) is 11.6 Å². The Hall–Kier alpha value is -2.53. The van der Waals surface area contributed by atoms with Crippen LogP contribution < -0.4 is 10.1 Å². The summed E-state index contributed by atoms with van der Waals surface area (Å²) in [4.78, 5) is 8.23. The van der Waals surface area contributed by atoms with Crippen LogP contribution in [0.25, 0.3) is 5.69 Å². The summed E-state index contributed by atoms with van der Waals surface area (Å²) in [5.74, 6) is 1.25. The van der Waals surface area contributed by atoms with Crippen LogP contribution in [0.5, 0.6) is 5.88 Å². The molecular weight excluding hydrogens is 430 g/mol. The summed E-state index contributed by atoms with van der Waals surface area (Å²) < 4.78 is 31.6. The Balaban J connectivity index is 0.000000827. The molecule has 3 rings (SSSR count). The zero-order valence-electron chi connectivity index (χ0n) is 15.9. The molecular formula is C19H25ClN5O4S-. The number of anilines is 1. The number of nitrogens with one attached hydrogen (secondary N) is 1. The van der Waals surface area contributed by atoms with Crippen molar-refractivity contribution in [2.75, 3.05) is 11.9 Å². The van der Waals surface area contributed by atoms with E-state index in [-0.39, 0.29) is 13.5 Å². The lowest BCUT2D eigenvalue weighted by Crippen LogP contribution is -2.19. The number of ether oxygens (including phenoxy) is 1. The van der Waals surface area contributed by atoms with E-state index in [0.29, 0.717) is 23.3 Å². The van der Waals surface area contributed by atoms with Crippen LogP contribution in [0.4, 0.5) is 5.82 Å². The average Bonchev–Trinajstić information content (AvgIpc) is 3.15. The lowest BCUT2D eigenvalue weighted by Gasteiger charge is -2.15. The molecule has 0 saturated carbocycles. The van der Waals surface area contributed by atoms with Gasteiger partial charge in [0.25, 0.3) is 0 Å². The van der Waals surface area contributed by atoms with Crippen LogP contribution >= 0.6 is 11.6 Å². The van der Waals surface area contributed by atoms with Crippen LogP contribution in [0.15, 0.2) is 48.9 Å². The highest BCUT2D eigenvalue weighted by Crippen LogP contribution is 2.22. The van der Waals surface area contributed by atoms with Gasteiger partial charge in [0.1, 0.15) is 17.2 Å². The highest BCUT2D eigenvalue weighted by Gasteiger charge is 2.10. The van der Waals surface area contributed by atoms with E-state index in [9.17, 15) is 0 Å². The van der Waals surface area contributed by atoms with Gasteiger partial charge in [-0.15, -0.1) is 5.10 Å². The molecule has 2 atom stereocenters. The number of aromatic nitrogens is 4. The van der Waals surface area contributed by atoms with Crippen molar-refractivity contribution in [3.63, 3.8) is 0 Å². The number of rotatable bonds is 7. The smallest absolute Gasteiger partial charge is 0.233 e. The molecule has 2 heterocycles. The fourth-order valence-electron chi connectivity index (χ4n) is 2.31. The first-order valence-corrected chi connectivity index (χ1v) is 10.0. The first kappa shape index (κ1) is 25.5. The van der Waals surface area contributed by atoms with E-state index >= 15 is 0 Å². The summed E-state index contributed by atoms with van der Waals surface area (Å²) in [6, 6.07) is 11.9. The second-order valence-corrected chi connectivity index (χ2v) is 6.77. The predicted octanol–water partition coefficient (Wildman–Crippen LogP) is 3.87. The van der Waals surface area contributed by atoms with E-state index in [2.05, 4.69) is 27.3 Å². The average molecular weight is 455 g/mol. The third-order valence-electron chi connectivity index (χ3n) is 3.73. The molecule has 0 fully saturated rings. The topological polar surface area (TPSA) is 125 Å². The van der Waals surface area contributed by atoms with Crippen LogP contribution in [0.3, 0.4) is 0 Å². The van der Waals surface area contributed by atoms with Gasteiger partial charge in [0.15, 0.2) is 0 Å². The molecule has 2 aromatic heterocycles. The maximum absolute atomic E-state index is 8.56. The van der Waals surface area contributed by atoms with Crippen LogP contribution in [-0.4, -0.2) is 45.7 Å². The lowest BCUT2D eigenvalue weighted by molar-refractivity contribution is 0.291. The van der Waals surface area contributed by atoms with Crippen LogP contribution in [0, 0.1) is 6.92 Å². The Morgan fingerprint density at radius 2 is 1.97 bits per heavy atom. The van der Waals surface area contributed by atoms with Gasteiger partial charge in [-0.25, -0.2) is 18.9 Å². The second kappa shape index (κ2) is 12.9. The molecule has 0 saturated heterocycles. The van der Waals surface area contributed by atoms with Crippen molar-refractivity contribution in [1.29, 1.82) is 0 Å². The number of para-hydroxylation sites is 1. The number of nitrogens with zero attached hydrogens (tertiary/aromatic N) is 4. The molecule has 0 amide bonds. The van der Waals surface area contributed by atoms with Crippen molar-refractivity contribution >= 4 is 28.8 Å². The summed E-state index contributed by atoms with van der Waals surface area (Å²) in [6.45, 7) is 4.45. The van der Waals surface area contributed by atoms with E-state index < -0.39 is 11.4 Å². The van der Waals surface area contributed by atoms with Crippen LogP contribution in [-0.2, 0) is 11.4 Å². The minimum absolute atomic E-state index is 0. The number of hydrogen-bond donors (Lipinski definition) is 2.